The van der Waals surface area contributed by atoms with Crippen molar-refractivity contribution in [1.82, 2.24) is 4.98 Å². The standard InChI is InChI=1S/C16H15ClN2OS/c1-10(14-5-6-15(17)21-14)19-16-13-4-3-12(20-2)9-11(13)7-8-18-16/h3-10H,1-2H3,(H,18,19). The molecule has 0 aliphatic heterocycles. The fourth-order valence-electron chi connectivity index (χ4n) is 2.24. The minimum absolute atomic E-state index is 0.155. The lowest BCUT2D eigenvalue weighted by atomic mass is 10.1. The van der Waals surface area contributed by atoms with Gasteiger partial charge in [0, 0.05) is 16.5 Å². The van der Waals surface area contributed by atoms with E-state index in [1.54, 1.807) is 24.6 Å². The van der Waals surface area contributed by atoms with Gasteiger partial charge in [-0.05, 0) is 48.7 Å². The van der Waals surface area contributed by atoms with Gasteiger partial charge in [-0.1, -0.05) is 11.6 Å². The van der Waals surface area contributed by atoms with Crippen molar-refractivity contribution in [3.05, 3.63) is 51.8 Å². The predicted molar refractivity (Wildman–Crippen MR) is 89.7 cm³/mol. The largest absolute Gasteiger partial charge is 0.497 e. The first-order valence-corrected chi connectivity index (χ1v) is 7.81. The number of rotatable bonds is 4. The van der Waals surface area contributed by atoms with E-state index < -0.39 is 0 Å². The van der Waals surface area contributed by atoms with Crippen LogP contribution in [0.3, 0.4) is 0 Å². The molecule has 2 heterocycles. The van der Waals surface area contributed by atoms with Gasteiger partial charge in [-0.3, -0.25) is 0 Å². The molecule has 3 nitrogen and oxygen atoms in total. The topological polar surface area (TPSA) is 34.1 Å². The summed E-state index contributed by atoms with van der Waals surface area (Å²) in [5.41, 5.74) is 0. The van der Waals surface area contributed by atoms with E-state index in [0.717, 1.165) is 26.7 Å². The highest BCUT2D eigenvalue weighted by molar-refractivity contribution is 7.16. The number of nitrogens with zero attached hydrogens (tertiary/aromatic N) is 1. The molecule has 0 aliphatic carbocycles. The van der Waals surface area contributed by atoms with Crippen LogP contribution in [0.25, 0.3) is 10.8 Å². The molecule has 1 unspecified atom stereocenters. The molecule has 0 amide bonds. The van der Waals surface area contributed by atoms with Crippen LogP contribution in [0, 0.1) is 0 Å². The van der Waals surface area contributed by atoms with Gasteiger partial charge in [0.25, 0.3) is 0 Å². The molecule has 0 bridgehead atoms. The van der Waals surface area contributed by atoms with Crippen LogP contribution >= 0.6 is 22.9 Å². The van der Waals surface area contributed by atoms with Gasteiger partial charge in [0.1, 0.15) is 11.6 Å². The predicted octanol–water partition coefficient (Wildman–Crippen LogP) is 5.13. The fraction of sp³-hybridized carbons (Fsp3) is 0.188. The third kappa shape index (κ3) is 2.96. The van der Waals surface area contributed by atoms with Gasteiger partial charge in [0.05, 0.1) is 17.5 Å². The highest BCUT2D eigenvalue weighted by atomic mass is 35.5. The minimum Gasteiger partial charge on any atom is -0.497 e. The normalized spacial score (nSPS) is 12.3. The first-order valence-electron chi connectivity index (χ1n) is 6.62. The van der Waals surface area contributed by atoms with Crippen molar-refractivity contribution in [3.8, 4) is 5.75 Å². The van der Waals surface area contributed by atoms with Gasteiger partial charge in [-0.15, -0.1) is 11.3 Å². The Hall–Kier alpha value is -1.78. The molecule has 3 aromatic rings. The van der Waals surface area contributed by atoms with Gasteiger partial charge in [-0.2, -0.15) is 0 Å². The Morgan fingerprint density at radius 2 is 2.10 bits per heavy atom. The summed E-state index contributed by atoms with van der Waals surface area (Å²) in [6, 6.07) is 12.1. The zero-order valence-corrected chi connectivity index (χ0v) is 13.3. The van der Waals surface area contributed by atoms with Crippen LogP contribution in [0.4, 0.5) is 5.82 Å². The minimum atomic E-state index is 0.155. The smallest absolute Gasteiger partial charge is 0.134 e. The third-order valence-corrected chi connectivity index (χ3v) is 4.76. The number of fused-ring (bicyclic) bond motifs is 1. The van der Waals surface area contributed by atoms with E-state index in [9.17, 15) is 0 Å². The van der Waals surface area contributed by atoms with Crippen molar-refractivity contribution in [2.24, 2.45) is 0 Å². The molecule has 0 spiro atoms. The molecule has 108 valence electrons. The molecular weight excluding hydrogens is 304 g/mol. The third-order valence-electron chi connectivity index (χ3n) is 3.35. The molecule has 0 fully saturated rings. The summed E-state index contributed by atoms with van der Waals surface area (Å²) in [6.45, 7) is 2.10. The number of hydrogen-bond acceptors (Lipinski definition) is 4. The SMILES string of the molecule is COc1ccc2c(NC(C)c3ccc(Cl)s3)nccc2c1. The van der Waals surface area contributed by atoms with Gasteiger partial charge in [0.2, 0.25) is 0 Å². The summed E-state index contributed by atoms with van der Waals surface area (Å²) in [7, 11) is 1.67. The van der Waals surface area contributed by atoms with Crippen molar-refractivity contribution in [2.45, 2.75) is 13.0 Å². The fourth-order valence-corrected chi connectivity index (χ4v) is 3.30. The molecule has 1 N–H and O–H groups in total. The molecule has 2 aromatic heterocycles. The number of methoxy groups -OCH3 is 1. The van der Waals surface area contributed by atoms with Crippen LogP contribution in [0.2, 0.25) is 4.34 Å². The maximum absolute atomic E-state index is 6.00. The lowest BCUT2D eigenvalue weighted by molar-refractivity contribution is 0.415. The Morgan fingerprint density at radius 1 is 1.24 bits per heavy atom. The zero-order chi connectivity index (χ0) is 14.8. The lowest BCUT2D eigenvalue weighted by Gasteiger charge is -2.15. The Morgan fingerprint density at radius 3 is 2.81 bits per heavy atom. The van der Waals surface area contributed by atoms with Crippen LogP contribution < -0.4 is 10.1 Å². The lowest BCUT2D eigenvalue weighted by Crippen LogP contribution is -2.06. The summed E-state index contributed by atoms with van der Waals surface area (Å²) in [6.07, 6.45) is 1.80. The highest BCUT2D eigenvalue weighted by Gasteiger charge is 2.11. The molecular formula is C16H15ClN2OS. The van der Waals surface area contributed by atoms with E-state index >= 15 is 0 Å². The number of thiophene rings is 1. The average molecular weight is 319 g/mol. The molecule has 21 heavy (non-hydrogen) atoms. The van der Waals surface area contributed by atoms with Crippen LogP contribution in [0.5, 0.6) is 5.75 Å². The van der Waals surface area contributed by atoms with Crippen LogP contribution in [-0.4, -0.2) is 12.1 Å². The number of aromatic nitrogens is 1. The van der Waals surface area contributed by atoms with E-state index in [2.05, 4.69) is 17.2 Å². The quantitative estimate of drug-likeness (QED) is 0.724. The number of ether oxygens (including phenoxy) is 1. The molecule has 1 atom stereocenters. The Bertz CT molecular complexity index is 772. The van der Waals surface area contributed by atoms with E-state index in [1.807, 2.05) is 36.4 Å². The number of pyridine rings is 1. The van der Waals surface area contributed by atoms with E-state index in [4.69, 9.17) is 16.3 Å². The van der Waals surface area contributed by atoms with Crippen molar-refractivity contribution in [2.75, 3.05) is 12.4 Å². The second kappa shape index (κ2) is 5.92. The second-order valence-electron chi connectivity index (χ2n) is 4.75. The number of benzene rings is 1. The highest BCUT2D eigenvalue weighted by Crippen LogP contribution is 2.31. The summed E-state index contributed by atoms with van der Waals surface area (Å²) in [5.74, 6) is 1.71. The first-order chi connectivity index (χ1) is 10.2. The summed E-state index contributed by atoms with van der Waals surface area (Å²) < 4.78 is 6.06. The molecule has 3 rings (SSSR count). The second-order valence-corrected chi connectivity index (χ2v) is 6.50. The number of anilines is 1. The van der Waals surface area contributed by atoms with Crippen LogP contribution in [-0.2, 0) is 0 Å². The van der Waals surface area contributed by atoms with Crippen molar-refractivity contribution in [3.63, 3.8) is 0 Å². The maximum Gasteiger partial charge on any atom is 0.134 e. The monoisotopic (exact) mass is 318 g/mol. The molecule has 0 saturated carbocycles. The van der Waals surface area contributed by atoms with Gasteiger partial charge >= 0.3 is 0 Å². The Labute approximate surface area is 132 Å². The van der Waals surface area contributed by atoms with Crippen molar-refractivity contribution in [1.29, 1.82) is 0 Å². The molecule has 0 saturated heterocycles. The van der Waals surface area contributed by atoms with Crippen LogP contribution in [0.15, 0.2) is 42.6 Å². The molecule has 0 radical (unpaired) electrons. The Kier molecular flexibility index (Phi) is 3.99. The maximum atomic E-state index is 6.00. The van der Waals surface area contributed by atoms with Crippen LogP contribution in [0.1, 0.15) is 17.8 Å². The molecule has 5 heteroatoms. The summed E-state index contributed by atoms with van der Waals surface area (Å²) in [5, 5.41) is 5.63. The van der Waals surface area contributed by atoms with E-state index in [0.29, 0.717) is 0 Å². The number of nitrogens with one attached hydrogen (secondary N) is 1. The summed E-state index contributed by atoms with van der Waals surface area (Å²) in [4.78, 5) is 5.64. The first kappa shape index (κ1) is 14.2. The number of hydrogen-bond donors (Lipinski definition) is 1. The summed E-state index contributed by atoms with van der Waals surface area (Å²) >= 11 is 7.58. The number of halogens is 1. The zero-order valence-electron chi connectivity index (χ0n) is 11.8. The van der Waals surface area contributed by atoms with Crippen molar-refractivity contribution < 1.29 is 4.74 Å². The van der Waals surface area contributed by atoms with E-state index in [-0.39, 0.29) is 6.04 Å². The van der Waals surface area contributed by atoms with Gasteiger partial charge in [-0.25, -0.2) is 4.98 Å². The van der Waals surface area contributed by atoms with E-state index in [1.165, 1.54) is 4.88 Å². The Balaban J connectivity index is 1.93. The van der Waals surface area contributed by atoms with Crippen molar-refractivity contribution >= 4 is 39.5 Å². The average Bonchev–Trinajstić information content (AvgIpc) is 2.93. The molecule has 0 aliphatic rings. The molecule has 1 aromatic carbocycles. The van der Waals surface area contributed by atoms with Gasteiger partial charge < -0.3 is 10.1 Å². The van der Waals surface area contributed by atoms with Gasteiger partial charge in [0.15, 0.2) is 0 Å².